The Hall–Kier alpha value is -1.17. The average Bonchev–Trinajstić information content (AvgIpc) is 2.63. The van der Waals surface area contributed by atoms with Crippen molar-refractivity contribution in [1.82, 2.24) is 4.98 Å². The molecular formula is C9H13N3O2S. The second-order valence-corrected chi connectivity index (χ2v) is 5.54. The molecule has 1 aromatic heterocycles. The average molecular weight is 227 g/mol. The lowest BCUT2D eigenvalue weighted by atomic mass is 10.1. The van der Waals surface area contributed by atoms with Crippen molar-refractivity contribution in [3.8, 4) is 0 Å². The summed E-state index contributed by atoms with van der Waals surface area (Å²) in [5, 5.41) is 14.3. The molecule has 1 saturated carbocycles. The second-order valence-electron chi connectivity index (χ2n) is 4.53. The van der Waals surface area contributed by atoms with Gasteiger partial charge in [0.1, 0.15) is 6.20 Å². The second kappa shape index (κ2) is 3.44. The summed E-state index contributed by atoms with van der Waals surface area (Å²) in [5.74, 6) is 0.667. The third kappa shape index (κ3) is 2.26. The number of thiazole rings is 1. The number of hydrogen-bond acceptors (Lipinski definition) is 5. The molecule has 6 heteroatoms. The van der Waals surface area contributed by atoms with Crippen LogP contribution in [-0.4, -0.2) is 16.5 Å². The van der Waals surface area contributed by atoms with Gasteiger partial charge in [0.05, 0.1) is 4.92 Å². The van der Waals surface area contributed by atoms with Crippen molar-refractivity contribution in [3.63, 3.8) is 0 Å². The molecule has 1 aliphatic carbocycles. The van der Waals surface area contributed by atoms with Crippen LogP contribution in [0.2, 0.25) is 0 Å². The lowest BCUT2D eigenvalue weighted by Crippen LogP contribution is -2.06. The fraction of sp³-hybridized carbons (Fsp3) is 0.667. The van der Waals surface area contributed by atoms with Gasteiger partial charge in [0.15, 0.2) is 5.13 Å². The molecular weight excluding hydrogens is 214 g/mol. The molecule has 0 bridgehead atoms. The Labute approximate surface area is 91.7 Å². The largest absolute Gasteiger partial charge is 0.361 e. The zero-order chi connectivity index (χ0) is 11.1. The minimum atomic E-state index is -0.413. The molecule has 1 heterocycles. The third-order valence-corrected chi connectivity index (χ3v) is 3.80. The number of aromatic nitrogens is 1. The highest BCUT2D eigenvalue weighted by Gasteiger charge is 2.45. The summed E-state index contributed by atoms with van der Waals surface area (Å²) in [6, 6.07) is 0. The maximum absolute atomic E-state index is 10.4. The summed E-state index contributed by atoms with van der Waals surface area (Å²) >= 11 is 1.09. The highest BCUT2D eigenvalue weighted by atomic mass is 32.1. The molecule has 5 nitrogen and oxygen atoms in total. The van der Waals surface area contributed by atoms with Gasteiger partial charge in [-0.05, 0) is 29.1 Å². The quantitative estimate of drug-likeness (QED) is 0.634. The number of nitrogens with zero attached hydrogens (tertiary/aromatic N) is 2. The van der Waals surface area contributed by atoms with Gasteiger partial charge in [-0.3, -0.25) is 10.1 Å². The van der Waals surface area contributed by atoms with Gasteiger partial charge < -0.3 is 5.32 Å². The molecule has 0 aromatic carbocycles. The van der Waals surface area contributed by atoms with Crippen molar-refractivity contribution in [3.05, 3.63) is 16.3 Å². The summed E-state index contributed by atoms with van der Waals surface area (Å²) < 4.78 is 0. The molecule has 1 N–H and O–H groups in total. The van der Waals surface area contributed by atoms with Crippen LogP contribution in [0.3, 0.4) is 0 Å². The van der Waals surface area contributed by atoms with Crippen LogP contribution in [0, 0.1) is 21.4 Å². The molecule has 1 unspecified atom stereocenters. The first-order valence-electron chi connectivity index (χ1n) is 4.83. The number of rotatable bonds is 4. The molecule has 0 saturated heterocycles. The van der Waals surface area contributed by atoms with Gasteiger partial charge in [0.25, 0.3) is 0 Å². The van der Waals surface area contributed by atoms with Gasteiger partial charge in [-0.1, -0.05) is 13.8 Å². The van der Waals surface area contributed by atoms with E-state index in [4.69, 9.17) is 0 Å². The van der Waals surface area contributed by atoms with E-state index >= 15 is 0 Å². The molecule has 1 atom stereocenters. The number of nitrogens with one attached hydrogen (secondary N) is 1. The van der Waals surface area contributed by atoms with Gasteiger partial charge in [0, 0.05) is 6.54 Å². The van der Waals surface area contributed by atoms with Gasteiger partial charge >= 0.3 is 5.00 Å². The van der Waals surface area contributed by atoms with Gasteiger partial charge in [0.2, 0.25) is 0 Å². The van der Waals surface area contributed by atoms with Crippen molar-refractivity contribution >= 4 is 21.5 Å². The molecule has 0 amide bonds. The maximum atomic E-state index is 10.4. The molecule has 2 rings (SSSR count). The van der Waals surface area contributed by atoms with Crippen molar-refractivity contribution in [1.29, 1.82) is 0 Å². The Morgan fingerprint density at radius 1 is 1.80 bits per heavy atom. The van der Waals surface area contributed by atoms with E-state index < -0.39 is 4.92 Å². The van der Waals surface area contributed by atoms with E-state index in [0.717, 1.165) is 17.9 Å². The van der Waals surface area contributed by atoms with Crippen LogP contribution < -0.4 is 5.32 Å². The molecule has 1 aliphatic rings. The maximum Gasteiger partial charge on any atom is 0.345 e. The fourth-order valence-electron chi connectivity index (χ4n) is 1.57. The summed E-state index contributed by atoms with van der Waals surface area (Å²) in [4.78, 5) is 14.0. The highest BCUT2D eigenvalue weighted by molar-refractivity contribution is 7.18. The predicted molar refractivity (Wildman–Crippen MR) is 59.1 cm³/mol. The monoisotopic (exact) mass is 227 g/mol. The third-order valence-electron chi connectivity index (χ3n) is 2.89. The van der Waals surface area contributed by atoms with Crippen molar-refractivity contribution in [2.24, 2.45) is 11.3 Å². The lowest BCUT2D eigenvalue weighted by molar-refractivity contribution is -0.380. The van der Waals surface area contributed by atoms with Crippen LogP contribution in [0.1, 0.15) is 20.3 Å². The normalized spacial score (nSPS) is 22.4. The Morgan fingerprint density at radius 2 is 2.47 bits per heavy atom. The van der Waals surface area contributed by atoms with E-state index in [2.05, 4.69) is 24.1 Å². The van der Waals surface area contributed by atoms with E-state index in [1.54, 1.807) is 0 Å². The SMILES string of the molecule is CC1(C)CC1CNc1ncc([N+](=O)[O-])s1. The van der Waals surface area contributed by atoms with Crippen LogP contribution >= 0.6 is 11.3 Å². The molecule has 82 valence electrons. The summed E-state index contributed by atoms with van der Waals surface area (Å²) in [6.45, 7) is 5.31. The Kier molecular flexibility index (Phi) is 2.38. The molecule has 15 heavy (non-hydrogen) atoms. The van der Waals surface area contributed by atoms with Crippen LogP contribution in [0.25, 0.3) is 0 Å². The first-order chi connectivity index (χ1) is 6.99. The number of hydrogen-bond donors (Lipinski definition) is 1. The Bertz CT molecular complexity index is 388. The zero-order valence-corrected chi connectivity index (χ0v) is 9.50. The van der Waals surface area contributed by atoms with Gasteiger partial charge in [-0.2, -0.15) is 0 Å². The highest BCUT2D eigenvalue weighted by Crippen LogP contribution is 2.51. The molecule has 0 radical (unpaired) electrons. The predicted octanol–water partition coefficient (Wildman–Crippen LogP) is 2.51. The van der Waals surface area contributed by atoms with E-state index in [9.17, 15) is 10.1 Å². The van der Waals surface area contributed by atoms with Gasteiger partial charge in [-0.15, -0.1) is 0 Å². The summed E-state index contributed by atoms with van der Waals surface area (Å²) in [7, 11) is 0. The molecule has 0 spiro atoms. The topological polar surface area (TPSA) is 68.1 Å². The standard InChI is InChI=1S/C9H13N3O2S/c1-9(2)3-6(9)4-10-8-11-5-7(15-8)12(13)14/h5-6H,3-4H2,1-2H3,(H,10,11). The first-order valence-corrected chi connectivity index (χ1v) is 5.65. The van der Waals surface area contributed by atoms with Gasteiger partial charge in [-0.25, -0.2) is 4.98 Å². The lowest BCUT2D eigenvalue weighted by Gasteiger charge is -2.03. The van der Waals surface area contributed by atoms with Crippen LogP contribution in [0.4, 0.5) is 10.1 Å². The van der Waals surface area contributed by atoms with Crippen molar-refractivity contribution in [2.45, 2.75) is 20.3 Å². The summed E-state index contributed by atoms with van der Waals surface area (Å²) in [5.41, 5.74) is 0.427. The van der Waals surface area contributed by atoms with Crippen LogP contribution in [0.5, 0.6) is 0 Å². The first kappa shape index (κ1) is 10.4. The van der Waals surface area contributed by atoms with E-state index in [1.807, 2.05) is 0 Å². The van der Waals surface area contributed by atoms with Crippen molar-refractivity contribution in [2.75, 3.05) is 11.9 Å². The molecule has 1 aromatic rings. The van der Waals surface area contributed by atoms with Crippen molar-refractivity contribution < 1.29 is 4.92 Å². The van der Waals surface area contributed by atoms with E-state index in [-0.39, 0.29) is 5.00 Å². The number of nitro groups is 1. The van der Waals surface area contributed by atoms with Crippen LogP contribution in [-0.2, 0) is 0 Å². The minimum absolute atomic E-state index is 0.0903. The van der Waals surface area contributed by atoms with E-state index in [0.29, 0.717) is 16.5 Å². The van der Waals surface area contributed by atoms with Crippen LogP contribution in [0.15, 0.2) is 6.20 Å². The van der Waals surface area contributed by atoms with E-state index in [1.165, 1.54) is 12.6 Å². The zero-order valence-electron chi connectivity index (χ0n) is 8.69. The smallest absolute Gasteiger partial charge is 0.345 e. The Balaban J connectivity index is 1.86. The minimum Gasteiger partial charge on any atom is -0.361 e. The summed E-state index contributed by atoms with van der Waals surface area (Å²) in [6.07, 6.45) is 2.51. The Morgan fingerprint density at radius 3 is 2.93 bits per heavy atom. The molecule has 0 aliphatic heterocycles. The fourth-order valence-corrected chi connectivity index (χ4v) is 2.21. The number of anilines is 1. The molecule has 1 fully saturated rings.